The van der Waals surface area contributed by atoms with Crippen LogP contribution in [-0.4, -0.2) is 17.4 Å². The van der Waals surface area contributed by atoms with Gasteiger partial charge in [-0.25, -0.2) is 4.39 Å². The van der Waals surface area contributed by atoms with Crippen molar-refractivity contribution in [1.29, 1.82) is 0 Å². The van der Waals surface area contributed by atoms with Crippen LogP contribution in [0.3, 0.4) is 0 Å². The van der Waals surface area contributed by atoms with Crippen LogP contribution in [0.4, 0.5) is 28.9 Å². The van der Waals surface area contributed by atoms with Crippen LogP contribution in [0.2, 0.25) is 0 Å². The van der Waals surface area contributed by atoms with Gasteiger partial charge in [0.15, 0.2) is 18.2 Å². The van der Waals surface area contributed by atoms with Crippen LogP contribution in [0.25, 0.3) is 11.0 Å². The topological polar surface area (TPSA) is 121 Å². The molecule has 3 aromatic carbocycles. The van der Waals surface area contributed by atoms with E-state index in [9.17, 15) is 37.3 Å². The van der Waals surface area contributed by atoms with Crippen molar-refractivity contribution in [1.82, 2.24) is 0 Å². The molecule has 1 aromatic heterocycles. The van der Waals surface area contributed by atoms with Crippen molar-refractivity contribution < 1.29 is 41.2 Å². The first-order valence-electron chi connectivity index (χ1n) is 10.3. The van der Waals surface area contributed by atoms with E-state index in [4.69, 9.17) is 13.9 Å². The number of amides is 1. The van der Waals surface area contributed by atoms with Gasteiger partial charge in [0.1, 0.15) is 23.3 Å². The number of halogens is 4. The molecular formula is C24H14F4N2O7. The third-order valence-electron chi connectivity index (χ3n) is 4.94. The van der Waals surface area contributed by atoms with Gasteiger partial charge < -0.3 is 19.2 Å². The maximum atomic E-state index is 13.8. The Balaban J connectivity index is 1.46. The Morgan fingerprint density at radius 1 is 1.05 bits per heavy atom. The van der Waals surface area contributed by atoms with Gasteiger partial charge in [-0.1, -0.05) is 12.1 Å². The average Bonchev–Trinajstić information content (AvgIpc) is 2.85. The molecule has 0 spiro atoms. The zero-order valence-corrected chi connectivity index (χ0v) is 18.4. The van der Waals surface area contributed by atoms with Gasteiger partial charge in [0.05, 0.1) is 15.9 Å². The van der Waals surface area contributed by atoms with Gasteiger partial charge in [-0.2, -0.15) is 13.2 Å². The highest BCUT2D eigenvalue weighted by molar-refractivity contribution is 5.94. The summed E-state index contributed by atoms with van der Waals surface area (Å²) in [5.74, 6) is -1.92. The van der Waals surface area contributed by atoms with E-state index in [-0.39, 0.29) is 28.2 Å². The molecule has 1 N–H and O–H groups in total. The molecule has 0 atom stereocenters. The number of nitro benzene ring substituents is 1. The maximum Gasteiger partial charge on any atom is 0.416 e. The molecule has 9 nitrogen and oxygen atoms in total. The number of hydrogen-bond acceptors (Lipinski definition) is 7. The lowest BCUT2D eigenvalue weighted by Gasteiger charge is -2.11. The summed E-state index contributed by atoms with van der Waals surface area (Å²) in [6, 6.07) is 11.1. The molecule has 13 heteroatoms. The first-order chi connectivity index (χ1) is 17.5. The number of carbonyl (C=O) groups is 1. The Labute approximate surface area is 204 Å². The lowest BCUT2D eigenvalue weighted by molar-refractivity contribution is -0.384. The number of nitrogens with zero attached hydrogens (tertiary/aromatic N) is 1. The van der Waals surface area contributed by atoms with Crippen molar-refractivity contribution in [2.75, 3.05) is 11.9 Å². The molecule has 0 bridgehead atoms. The second-order valence-electron chi connectivity index (χ2n) is 7.44. The fourth-order valence-corrected chi connectivity index (χ4v) is 3.20. The Kier molecular flexibility index (Phi) is 6.78. The minimum atomic E-state index is -4.80. The Morgan fingerprint density at radius 3 is 2.51 bits per heavy atom. The number of fused-ring (bicyclic) bond motifs is 1. The highest BCUT2D eigenvalue weighted by Gasteiger charge is 2.33. The van der Waals surface area contributed by atoms with Crippen LogP contribution in [-0.2, 0) is 11.0 Å². The van der Waals surface area contributed by atoms with Crippen LogP contribution in [0, 0.1) is 15.9 Å². The van der Waals surface area contributed by atoms with E-state index in [1.165, 1.54) is 36.4 Å². The molecule has 0 saturated carbocycles. The molecule has 0 saturated heterocycles. The largest absolute Gasteiger partial charge is 0.484 e. The third-order valence-corrected chi connectivity index (χ3v) is 4.94. The SMILES string of the molecule is O=C(COc1ccc2c(=O)c(Oc3ccccc3F)coc2c1)Nc1ccc(C(F)(F)F)cc1[N+](=O)[O-]. The second kappa shape index (κ2) is 9.97. The van der Waals surface area contributed by atoms with Gasteiger partial charge in [-0.05, 0) is 36.4 Å². The van der Waals surface area contributed by atoms with Gasteiger partial charge in [0.25, 0.3) is 11.6 Å². The van der Waals surface area contributed by atoms with Crippen molar-refractivity contribution in [3.63, 3.8) is 0 Å². The molecule has 0 unspecified atom stereocenters. The monoisotopic (exact) mass is 518 g/mol. The maximum absolute atomic E-state index is 13.8. The summed E-state index contributed by atoms with van der Waals surface area (Å²) >= 11 is 0. The van der Waals surface area contributed by atoms with E-state index in [0.29, 0.717) is 12.1 Å². The van der Waals surface area contributed by atoms with E-state index < -0.39 is 51.8 Å². The molecule has 1 heterocycles. The molecule has 4 rings (SSSR count). The summed E-state index contributed by atoms with van der Waals surface area (Å²) in [5, 5.41) is 13.4. The molecule has 1 amide bonds. The number of alkyl halides is 3. The zero-order valence-electron chi connectivity index (χ0n) is 18.4. The number of para-hydroxylation sites is 1. The number of rotatable bonds is 7. The molecule has 37 heavy (non-hydrogen) atoms. The highest BCUT2D eigenvalue weighted by atomic mass is 19.4. The number of nitrogens with one attached hydrogen (secondary N) is 1. The van der Waals surface area contributed by atoms with Gasteiger partial charge in [-0.3, -0.25) is 19.7 Å². The first kappa shape index (κ1) is 25.2. The van der Waals surface area contributed by atoms with Crippen molar-refractivity contribution in [3.05, 3.63) is 98.6 Å². The van der Waals surface area contributed by atoms with Crippen LogP contribution in [0.1, 0.15) is 5.56 Å². The van der Waals surface area contributed by atoms with Gasteiger partial charge in [0, 0.05) is 12.1 Å². The lowest BCUT2D eigenvalue weighted by atomic mass is 10.1. The molecule has 0 aliphatic rings. The van der Waals surface area contributed by atoms with E-state index >= 15 is 0 Å². The van der Waals surface area contributed by atoms with Crippen molar-refractivity contribution in [2.24, 2.45) is 0 Å². The zero-order chi connectivity index (χ0) is 26.7. The van der Waals surface area contributed by atoms with Gasteiger partial charge in [-0.15, -0.1) is 0 Å². The highest BCUT2D eigenvalue weighted by Crippen LogP contribution is 2.35. The summed E-state index contributed by atoms with van der Waals surface area (Å²) in [5.41, 5.74) is -3.17. The summed E-state index contributed by atoms with van der Waals surface area (Å²) in [7, 11) is 0. The van der Waals surface area contributed by atoms with Crippen molar-refractivity contribution in [3.8, 4) is 17.2 Å². The summed E-state index contributed by atoms with van der Waals surface area (Å²) in [6.07, 6.45) is -3.82. The number of anilines is 1. The molecule has 0 aliphatic heterocycles. The fourth-order valence-electron chi connectivity index (χ4n) is 3.20. The number of benzene rings is 3. The lowest BCUT2D eigenvalue weighted by Crippen LogP contribution is -2.21. The van der Waals surface area contributed by atoms with Crippen LogP contribution in [0.5, 0.6) is 17.2 Å². The molecule has 0 fully saturated rings. The summed E-state index contributed by atoms with van der Waals surface area (Å²) in [4.78, 5) is 35.0. The molecule has 0 aliphatic carbocycles. The normalized spacial score (nSPS) is 11.2. The van der Waals surface area contributed by atoms with Crippen LogP contribution < -0.4 is 20.2 Å². The van der Waals surface area contributed by atoms with Crippen LogP contribution >= 0.6 is 0 Å². The Morgan fingerprint density at radius 2 is 1.81 bits per heavy atom. The van der Waals surface area contributed by atoms with Crippen LogP contribution in [0.15, 0.2) is 76.1 Å². The Hall–Kier alpha value is -4.94. The molecule has 190 valence electrons. The molecule has 4 aromatic rings. The minimum absolute atomic E-state index is 0.0576. The van der Waals surface area contributed by atoms with E-state index in [1.54, 1.807) is 0 Å². The van der Waals surface area contributed by atoms with Gasteiger partial charge >= 0.3 is 6.18 Å². The number of hydrogen-bond donors (Lipinski definition) is 1. The standard InChI is InChI=1S/C24H14F4N2O7/c25-16-3-1-2-4-19(16)37-21-11-36-20-10-14(6-7-15(20)23(21)32)35-12-22(31)29-17-8-5-13(24(26,27)28)9-18(17)30(33)34/h1-11H,12H2,(H,29,31). The number of ether oxygens (including phenoxy) is 2. The quantitative estimate of drug-likeness (QED) is 0.190. The van der Waals surface area contributed by atoms with Crippen molar-refractivity contribution >= 4 is 28.3 Å². The molecular weight excluding hydrogens is 504 g/mol. The third kappa shape index (κ3) is 5.66. The molecule has 0 radical (unpaired) electrons. The minimum Gasteiger partial charge on any atom is -0.484 e. The first-order valence-corrected chi connectivity index (χ1v) is 10.3. The number of carbonyl (C=O) groups excluding carboxylic acids is 1. The van der Waals surface area contributed by atoms with Gasteiger partial charge in [0.2, 0.25) is 11.2 Å². The number of nitro groups is 1. The fraction of sp³-hybridized carbons (Fsp3) is 0.0833. The van der Waals surface area contributed by atoms with E-state index in [0.717, 1.165) is 18.4 Å². The smallest absolute Gasteiger partial charge is 0.416 e. The Bertz CT molecular complexity index is 1570. The average molecular weight is 518 g/mol. The van der Waals surface area contributed by atoms with Crippen molar-refractivity contribution in [2.45, 2.75) is 6.18 Å². The summed E-state index contributed by atoms with van der Waals surface area (Å²) in [6.45, 7) is -0.664. The van der Waals surface area contributed by atoms with E-state index in [1.807, 2.05) is 0 Å². The predicted molar refractivity (Wildman–Crippen MR) is 121 cm³/mol. The van der Waals surface area contributed by atoms with E-state index in [2.05, 4.69) is 5.32 Å². The second-order valence-corrected chi connectivity index (χ2v) is 7.44. The summed E-state index contributed by atoms with van der Waals surface area (Å²) < 4.78 is 68.2. The predicted octanol–water partition coefficient (Wildman–Crippen LogP) is 5.67.